The van der Waals surface area contributed by atoms with E-state index in [9.17, 15) is 4.79 Å². The van der Waals surface area contributed by atoms with E-state index in [1.165, 1.54) is 0 Å². The molecule has 0 unspecified atom stereocenters. The van der Waals surface area contributed by atoms with E-state index in [-0.39, 0.29) is 12.3 Å². The minimum absolute atomic E-state index is 0.0779. The number of Topliss-reactive ketones (excluding diaryl/α,β-unsaturated/α-hetero) is 1. The summed E-state index contributed by atoms with van der Waals surface area (Å²) < 4.78 is 7.20. The maximum Gasteiger partial charge on any atom is 0.229 e. The molecule has 0 saturated carbocycles. The van der Waals surface area contributed by atoms with Gasteiger partial charge in [-0.3, -0.25) is 15.2 Å². The maximum absolute atomic E-state index is 12.8. The highest BCUT2D eigenvalue weighted by atomic mass is 16.5. The molecule has 0 radical (unpaired) electrons. The van der Waals surface area contributed by atoms with Crippen molar-refractivity contribution in [2.45, 2.75) is 13.5 Å². The first-order valence-electron chi connectivity index (χ1n) is 11.0. The van der Waals surface area contributed by atoms with Crippen molar-refractivity contribution in [2.24, 2.45) is 5.10 Å². The van der Waals surface area contributed by atoms with Crippen LogP contribution in [-0.2, 0) is 11.3 Å². The number of morpholine rings is 1. The van der Waals surface area contributed by atoms with E-state index >= 15 is 0 Å². The van der Waals surface area contributed by atoms with Crippen LogP contribution in [-0.4, -0.2) is 62.8 Å². The normalized spacial score (nSPS) is 14.1. The molecule has 1 saturated heterocycles. The number of ether oxygens (including phenoxy) is 1. The summed E-state index contributed by atoms with van der Waals surface area (Å²) in [6.07, 6.45) is 6.54. The number of carbonyl (C=O) groups is 1. The average molecular weight is 457 g/mol. The van der Waals surface area contributed by atoms with Gasteiger partial charge in [0.2, 0.25) is 5.95 Å². The maximum atomic E-state index is 12.8. The van der Waals surface area contributed by atoms with Crippen LogP contribution in [0.15, 0.2) is 60.2 Å². The summed E-state index contributed by atoms with van der Waals surface area (Å²) >= 11 is 0. The second kappa shape index (κ2) is 9.75. The van der Waals surface area contributed by atoms with Crippen LogP contribution >= 0.6 is 0 Å². The number of nitrogens with zero attached hydrogens (tertiary/aromatic N) is 7. The van der Waals surface area contributed by atoms with Gasteiger partial charge >= 0.3 is 0 Å². The number of pyridine rings is 1. The molecule has 1 aliphatic heterocycles. The summed E-state index contributed by atoms with van der Waals surface area (Å²) in [7, 11) is 0. The standard InChI is InChI=1S/C24H24N8O2/c1-17-4-2-5-18(12-17)13-27-30-22-21-23(29-24(28-22)31-8-10-34-11-9-31)32(16-26-21)15-20(33)19-6-3-7-25-14-19/h2-7,12-14,16H,8-11,15H2,1H3,(H,28,29,30)/b27-13+. The summed E-state index contributed by atoms with van der Waals surface area (Å²) in [6, 6.07) is 11.5. The number of hydrogen-bond acceptors (Lipinski definition) is 9. The van der Waals surface area contributed by atoms with Crippen molar-refractivity contribution in [3.63, 3.8) is 0 Å². The number of rotatable bonds is 7. The van der Waals surface area contributed by atoms with E-state index in [0.29, 0.717) is 54.8 Å². The minimum atomic E-state index is -0.0779. The smallest absolute Gasteiger partial charge is 0.229 e. The van der Waals surface area contributed by atoms with Crippen molar-refractivity contribution in [2.75, 3.05) is 36.6 Å². The Bertz CT molecular complexity index is 1330. The van der Waals surface area contributed by atoms with Crippen LogP contribution in [0.2, 0.25) is 0 Å². The molecule has 4 heterocycles. The average Bonchev–Trinajstić information content (AvgIpc) is 3.28. The highest BCUT2D eigenvalue weighted by Crippen LogP contribution is 2.23. The van der Waals surface area contributed by atoms with Crippen LogP contribution in [0.1, 0.15) is 21.5 Å². The molecule has 1 fully saturated rings. The van der Waals surface area contributed by atoms with Crippen LogP contribution in [0, 0.1) is 6.92 Å². The van der Waals surface area contributed by atoms with Crippen molar-refractivity contribution in [1.29, 1.82) is 0 Å². The number of anilines is 2. The van der Waals surface area contributed by atoms with Crippen molar-refractivity contribution in [1.82, 2.24) is 24.5 Å². The number of aryl methyl sites for hydroxylation is 1. The van der Waals surface area contributed by atoms with Crippen molar-refractivity contribution in [3.05, 3.63) is 71.8 Å². The first-order chi connectivity index (χ1) is 16.7. The van der Waals surface area contributed by atoms with Crippen molar-refractivity contribution in [3.8, 4) is 0 Å². The van der Waals surface area contributed by atoms with E-state index < -0.39 is 0 Å². The van der Waals surface area contributed by atoms with Crippen LogP contribution in [0.3, 0.4) is 0 Å². The zero-order valence-corrected chi connectivity index (χ0v) is 18.8. The Labute approximate surface area is 196 Å². The van der Waals surface area contributed by atoms with Gasteiger partial charge in [-0.25, -0.2) is 4.98 Å². The molecule has 0 bridgehead atoms. The lowest BCUT2D eigenvalue weighted by molar-refractivity contribution is 0.0973. The van der Waals surface area contributed by atoms with Gasteiger partial charge < -0.3 is 14.2 Å². The molecule has 1 aromatic carbocycles. The second-order valence-electron chi connectivity index (χ2n) is 7.97. The number of imidazole rings is 1. The lowest BCUT2D eigenvalue weighted by Gasteiger charge is -2.27. The predicted molar refractivity (Wildman–Crippen MR) is 129 cm³/mol. The van der Waals surface area contributed by atoms with E-state index in [0.717, 1.165) is 11.1 Å². The van der Waals surface area contributed by atoms with Gasteiger partial charge in [0.15, 0.2) is 22.8 Å². The Kier molecular flexibility index (Phi) is 6.21. The van der Waals surface area contributed by atoms with Crippen LogP contribution in [0.5, 0.6) is 0 Å². The van der Waals surface area contributed by atoms with Crippen LogP contribution in [0.25, 0.3) is 11.2 Å². The van der Waals surface area contributed by atoms with Crippen LogP contribution in [0.4, 0.5) is 11.8 Å². The molecule has 34 heavy (non-hydrogen) atoms. The molecule has 3 aromatic heterocycles. The Hall–Kier alpha value is -4.18. The SMILES string of the molecule is Cc1cccc(/C=N/Nc2nc(N3CCOCC3)nc3c2ncn3CC(=O)c2cccnc2)c1. The topological polar surface area (TPSA) is 110 Å². The second-order valence-corrected chi connectivity index (χ2v) is 7.97. The third kappa shape index (κ3) is 4.76. The molecular formula is C24H24N8O2. The molecule has 1 aliphatic rings. The van der Waals surface area contributed by atoms with Gasteiger partial charge in [-0.15, -0.1) is 0 Å². The number of fused-ring (bicyclic) bond motifs is 1. The first kappa shape index (κ1) is 21.7. The van der Waals surface area contributed by atoms with Crippen LogP contribution < -0.4 is 10.3 Å². The quantitative estimate of drug-likeness (QED) is 0.257. The van der Waals surface area contributed by atoms with Gasteiger partial charge in [-0.05, 0) is 24.6 Å². The zero-order valence-electron chi connectivity index (χ0n) is 18.8. The number of hydrazone groups is 1. The Morgan fingerprint density at radius 1 is 1.21 bits per heavy atom. The number of ketones is 1. The molecule has 0 aliphatic carbocycles. The minimum Gasteiger partial charge on any atom is -0.378 e. The molecule has 10 heteroatoms. The van der Waals surface area contributed by atoms with Crippen molar-refractivity contribution >= 4 is 34.9 Å². The molecule has 0 atom stereocenters. The molecule has 172 valence electrons. The molecule has 5 rings (SSSR count). The number of carbonyl (C=O) groups excluding carboxylic acids is 1. The fourth-order valence-electron chi connectivity index (χ4n) is 3.72. The van der Waals surface area contributed by atoms with Gasteiger partial charge in [0.05, 0.1) is 32.3 Å². The summed E-state index contributed by atoms with van der Waals surface area (Å²) in [5.41, 5.74) is 6.78. The predicted octanol–water partition coefficient (Wildman–Crippen LogP) is 2.70. The lowest BCUT2D eigenvalue weighted by atomic mass is 10.2. The Morgan fingerprint density at radius 2 is 2.09 bits per heavy atom. The Balaban J connectivity index is 1.48. The zero-order chi connectivity index (χ0) is 23.3. The molecule has 1 N–H and O–H groups in total. The third-order valence-electron chi connectivity index (χ3n) is 5.47. The molecule has 10 nitrogen and oxygen atoms in total. The van der Waals surface area contributed by atoms with E-state index in [4.69, 9.17) is 9.72 Å². The van der Waals surface area contributed by atoms with Gasteiger partial charge in [-0.2, -0.15) is 15.1 Å². The summed E-state index contributed by atoms with van der Waals surface area (Å²) in [5.74, 6) is 0.938. The fourth-order valence-corrected chi connectivity index (χ4v) is 3.72. The van der Waals surface area contributed by atoms with Gasteiger partial charge in [0.25, 0.3) is 0 Å². The molecule has 0 amide bonds. The van der Waals surface area contributed by atoms with E-state index in [1.807, 2.05) is 31.2 Å². The lowest BCUT2D eigenvalue weighted by Crippen LogP contribution is -2.37. The fraction of sp³-hybridized carbons (Fsp3) is 0.250. The number of aromatic nitrogens is 5. The molecule has 0 spiro atoms. The highest BCUT2D eigenvalue weighted by molar-refractivity contribution is 5.96. The van der Waals surface area contributed by atoms with E-state index in [1.54, 1.807) is 41.6 Å². The Morgan fingerprint density at radius 3 is 2.88 bits per heavy atom. The largest absolute Gasteiger partial charge is 0.378 e. The first-order valence-corrected chi connectivity index (χ1v) is 11.0. The summed E-state index contributed by atoms with van der Waals surface area (Å²) in [5, 5.41) is 4.37. The van der Waals surface area contributed by atoms with Gasteiger partial charge in [-0.1, -0.05) is 29.8 Å². The van der Waals surface area contributed by atoms with Gasteiger partial charge in [0, 0.05) is 31.0 Å². The number of benzene rings is 1. The van der Waals surface area contributed by atoms with Gasteiger partial charge in [0.1, 0.15) is 0 Å². The summed E-state index contributed by atoms with van der Waals surface area (Å²) in [6.45, 7) is 4.70. The van der Waals surface area contributed by atoms with E-state index in [2.05, 4.69) is 30.4 Å². The van der Waals surface area contributed by atoms with Crippen molar-refractivity contribution < 1.29 is 9.53 Å². The number of hydrogen-bond donors (Lipinski definition) is 1. The summed E-state index contributed by atoms with van der Waals surface area (Å²) in [4.78, 5) is 32.8. The molecule has 4 aromatic rings. The number of nitrogens with one attached hydrogen (secondary N) is 1. The highest BCUT2D eigenvalue weighted by Gasteiger charge is 2.20. The monoisotopic (exact) mass is 456 g/mol. The third-order valence-corrected chi connectivity index (χ3v) is 5.47. The molecular weight excluding hydrogens is 432 g/mol.